The first-order chi connectivity index (χ1) is 29.1. The maximum Gasteiger partial charge on any atom is 0.472 e. The normalized spacial score (nSPS) is 14.0. The molecule has 8 nitrogen and oxygen atoms in total. The second-order valence-corrected chi connectivity index (χ2v) is 19.3. The number of quaternary nitrogens is 1. The van der Waals surface area contributed by atoms with E-state index in [0.29, 0.717) is 24.1 Å². The number of carbonyl (C=O) groups excluding carboxylic acids is 1. The van der Waals surface area contributed by atoms with Crippen molar-refractivity contribution in [2.45, 2.75) is 219 Å². The van der Waals surface area contributed by atoms with Crippen LogP contribution in [0.4, 0.5) is 0 Å². The van der Waals surface area contributed by atoms with E-state index < -0.39 is 13.9 Å². The van der Waals surface area contributed by atoms with Gasteiger partial charge < -0.3 is 18.9 Å². The molecular formula is C51H97NO7P+. The Morgan fingerprint density at radius 2 is 0.967 bits per heavy atom. The summed E-state index contributed by atoms with van der Waals surface area (Å²) in [5.74, 6) is -0.313. The topological polar surface area (TPSA) is 91.3 Å². The van der Waals surface area contributed by atoms with Crippen molar-refractivity contribution in [2.24, 2.45) is 0 Å². The second-order valence-electron chi connectivity index (χ2n) is 17.8. The number of phosphoric ester groups is 1. The molecule has 0 aliphatic heterocycles. The van der Waals surface area contributed by atoms with E-state index >= 15 is 0 Å². The molecule has 2 atom stereocenters. The predicted molar refractivity (Wildman–Crippen MR) is 256 cm³/mol. The van der Waals surface area contributed by atoms with Crippen LogP contribution in [0.2, 0.25) is 0 Å². The van der Waals surface area contributed by atoms with Gasteiger partial charge in [0.25, 0.3) is 0 Å². The number of allylic oxidation sites excluding steroid dienone is 8. The summed E-state index contributed by atoms with van der Waals surface area (Å²) in [4.78, 5) is 22.9. The van der Waals surface area contributed by atoms with Gasteiger partial charge in [-0.15, -0.1) is 0 Å². The van der Waals surface area contributed by atoms with Gasteiger partial charge in [-0.25, -0.2) is 4.57 Å². The fraction of sp³-hybridized carbons (Fsp3) is 0.824. The van der Waals surface area contributed by atoms with Crippen LogP contribution in [0.15, 0.2) is 48.6 Å². The highest BCUT2D eigenvalue weighted by molar-refractivity contribution is 7.47. The first-order valence-electron chi connectivity index (χ1n) is 24.9. The minimum absolute atomic E-state index is 0.0891. The SMILES string of the molecule is CC/C=C\C/C=C\C/C=C\C/C=C\CCCCCCCCCCCCCCCOCC(COP(=O)(O)OCC[N+](C)(C)C)OC(=O)CCCCCCCCCCCCCC. The Labute approximate surface area is 371 Å². The molecule has 0 aromatic rings. The summed E-state index contributed by atoms with van der Waals surface area (Å²) in [5.41, 5.74) is 0. The van der Waals surface area contributed by atoms with Crippen LogP contribution in [0.3, 0.4) is 0 Å². The highest BCUT2D eigenvalue weighted by Gasteiger charge is 2.26. The van der Waals surface area contributed by atoms with Crippen molar-refractivity contribution in [2.75, 3.05) is 54.1 Å². The van der Waals surface area contributed by atoms with Gasteiger partial charge in [-0.3, -0.25) is 13.8 Å². The molecule has 0 bridgehead atoms. The fourth-order valence-electron chi connectivity index (χ4n) is 6.84. The van der Waals surface area contributed by atoms with E-state index in [2.05, 4.69) is 62.5 Å². The summed E-state index contributed by atoms with van der Waals surface area (Å²) in [7, 11) is 1.67. The molecule has 0 aromatic carbocycles. The molecule has 1 N–H and O–H groups in total. The average Bonchev–Trinajstić information content (AvgIpc) is 3.20. The lowest BCUT2D eigenvalue weighted by Crippen LogP contribution is -2.37. The van der Waals surface area contributed by atoms with Gasteiger partial charge in [0.05, 0.1) is 34.4 Å². The van der Waals surface area contributed by atoms with Crippen molar-refractivity contribution in [3.05, 3.63) is 48.6 Å². The third-order valence-corrected chi connectivity index (χ3v) is 11.6. The van der Waals surface area contributed by atoms with Crippen LogP contribution in [-0.4, -0.2) is 75.6 Å². The first-order valence-corrected chi connectivity index (χ1v) is 26.4. The number of ether oxygens (including phenoxy) is 2. The van der Waals surface area contributed by atoms with Gasteiger partial charge in [0, 0.05) is 13.0 Å². The molecule has 0 spiro atoms. The van der Waals surface area contributed by atoms with E-state index in [-0.39, 0.29) is 25.8 Å². The molecule has 0 fully saturated rings. The van der Waals surface area contributed by atoms with E-state index in [4.69, 9.17) is 18.5 Å². The number of rotatable bonds is 46. The van der Waals surface area contributed by atoms with Gasteiger partial charge >= 0.3 is 13.8 Å². The Bertz CT molecular complexity index is 1100. The molecule has 60 heavy (non-hydrogen) atoms. The summed E-state index contributed by atoms with van der Waals surface area (Å²) in [5, 5.41) is 0. The van der Waals surface area contributed by atoms with Crippen LogP contribution in [0.5, 0.6) is 0 Å². The van der Waals surface area contributed by atoms with Gasteiger partial charge in [-0.1, -0.05) is 204 Å². The van der Waals surface area contributed by atoms with Crippen molar-refractivity contribution in [3.8, 4) is 0 Å². The summed E-state index contributed by atoms with van der Waals surface area (Å²) < 4.78 is 35.1. The zero-order chi connectivity index (χ0) is 44.1. The van der Waals surface area contributed by atoms with E-state index in [1.54, 1.807) is 0 Å². The Hall–Kier alpha value is -1.54. The molecule has 2 unspecified atom stereocenters. The standard InChI is InChI=1S/C51H96NO7P/c1-6-8-10-12-14-16-18-20-21-22-23-24-25-26-27-28-29-30-31-32-33-35-37-39-41-43-46-56-48-50(49-58-60(54,55)57-47-45-52(3,4)5)59-51(53)44-42-40-38-36-34-19-17-15-13-11-9-7-2/h8,10,14,16,20-21,23-24,50H,6-7,9,11-13,15,17-19,22,25-49H2,1-5H3/p+1/b10-8-,16-14-,21-20-,24-23-. The van der Waals surface area contributed by atoms with Gasteiger partial charge in [-0.05, 0) is 51.4 Å². The molecule has 9 heteroatoms. The van der Waals surface area contributed by atoms with Crippen molar-refractivity contribution in [3.63, 3.8) is 0 Å². The monoisotopic (exact) mass is 867 g/mol. The molecule has 0 saturated carbocycles. The third-order valence-electron chi connectivity index (χ3n) is 10.7. The number of nitrogens with zero attached hydrogens (tertiary/aromatic N) is 1. The second kappa shape index (κ2) is 44.1. The number of hydrogen-bond acceptors (Lipinski definition) is 6. The summed E-state index contributed by atoms with van der Waals surface area (Å²) >= 11 is 0. The number of likely N-dealkylation sites (N-methyl/N-ethyl adjacent to an activating group) is 1. The lowest BCUT2D eigenvalue weighted by atomic mass is 10.0. The first kappa shape index (κ1) is 58.5. The highest BCUT2D eigenvalue weighted by atomic mass is 31.2. The molecule has 0 aromatic heterocycles. The molecule has 0 rings (SSSR count). The van der Waals surface area contributed by atoms with Crippen LogP contribution in [0.25, 0.3) is 0 Å². The number of hydrogen-bond donors (Lipinski definition) is 1. The molecule has 0 aliphatic rings. The average molecular weight is 867 g/mol. The van der Waals surface area contributed by atoms with Crippen molar-refractivity contribution in [1.29, 1.82) is 0 Å². The van der Waals surface area contributed by atoms with Gasteiger partial charge in [-0.2, -0.15) is 0 Å². The molecule has 352 valence electrons. The maximum absolute atomic E-state index is 12.7. The molecule has 0 amide bonds. The summed E-state index contributed by atoms with van der Waals surface area (Å²) in [6.45, 7) is 5.53. The number of esters is 1. The van der Waals surface area contributed by atoms with Crippen LogP contribution < -0.4 is 0 Å². The summed E-state index contributed by atoms with van der Waals surface area (Å²) in [6, 6.07) is 0. The maximum atomic E-state index is 12.7. The van der Waals surface area contributed by atoms with Gasteiger partial charge in [0.2, 0.25) is 0 Å². The van der Waals surface area contributed by atoms with Crippen LogP contribution in [-0.2, 0) is 27.9 Å². The predicted octanol–water partition coefficient (Wildman–Crippen LogP) is 15.1. The van der Waals surface area contributed by atoms with E-state index in [1.165, 1.54) is 135 Å². The lowest BCUT2D eigenvalue weighted by Gasteiger charge is -2.24. The van der Waals surface area contributed by atoms with Crippen molar-refractivity contribution in [1.82, 2.24) is 0 Å². The van der Waals surface area contributed by atoms with E-state index in [1.807, 2.05) is 21.1 Å². The minimum atomic E-state index is -4.27. The molecule has 0 aliphatic carbocycles. The van der Waals surface area contributed by atoms with Crippen LogP contribution in [0, 0.1) is 0 Å². The number of unbranched alkanes of at least 4 members (excludes halogenated alkanes) is 24. The number of phosphoric acid groups is 1. The van der Waals surface area contributed by atoms with E-state index in [9.17, 15) is 14.3 Å². The molecule has 0 radical (unpaired) electrons. The smallest absolute Gasteiger partial charge is 0.457 e. The quantitative estimate of drug-likeness (QED) is 0.0214. The Kier molecular flexibility index (Phi) is 43.0. The van der Waals surface area contributed by atoms with Gasteiger partial charge in [0.15, 0.2) is 0 Å². The minimum Gasteiger partial charge on any atom is -0.457 e. The van der Waals surface area contributed by atoms with Gasteiger partial charge in [0.1, 0.15) is 19.3 Å². The zero-order valence-corrected chi connectivity index (χ0v) is 40.8. The van der Waals surface area contributed by atoms with Crippen molar-refractivity contribution >= 4 is 13.8 Å². The van der Waals surface area contributed by atoms with E-state index in [0.717, 1.165) is 57.8 Å². The van der Waals surface area contributed by atoms with Crippen molar-refractivity contribution < 1.29 is 37.3 Å². The Morgan fingerprint density at radius 1 is 0.533 bits per heavy atom. The molecule has 0 heterocycles. The number of carbonyl (C=O) groups is 1. The lowest BCUT2D eigenvalue weighted by molar-refractivity contribution is -0.870. The largest absolute Gasteiger partial charge is 0.472 e. The van der Waals surface area contributed by atoms with Crippen LogP contribution >= 0.6 is 7.82 Å². The summed E-state index contributed by atoms with van der Waals surface area (Å²) in [6.07, 6.45) is 54.4. The van der Waals surface area contributed by atoms with Crippen LogP contribution in [0.1, 0.15) is 213 Å². The fourth-order valence-corrected chi connectivity index (χ4v) is 7.58. The molecular weight excluding hydrogens is 770 g/mol. The Morgan fingerprint density at radius 3 is 1.45 bits per heavy atom. The third kappa shape index (κ3) is 47.5. The highest BCUT2D eigenvalue weighted by Crippen LogP contribution is 2.43. The zero-order valence-electron chi connectivity index (χ0n) is 39.9. The Balaban J connectivity index is 4.04. The molecule has 0 saturated heterocycles.